The van der Waals surface area contributed by atoms with Crippen LogP contribution in [0.3, 0.4) is 0 Å². The normalized spacial score (nSPS) is 17.8. The molecular formula is C19H21N3OS. The van der Waals surface area contributed by atoms with Gasteiger partial charge < -0.3 is 9.30 Å². The van der Waals surface area contributed by atoms with Gasteiger partial charge in [0.15, 0.2) is 0 Å². The number of rotatable bonds is 6. The summed E-state index contributed by atoms with van der Waals surface area (Å²) in [5, 5.41) is 2.15. The standard InChI is InChI=1S/C19H21N3OS/c1-3-17-11-21(13-19-4-2-10-24-19)12-18(22(17)9-1)15-23-14-16-5-7-20-8-6-16/h1-10,18H,11-15H2/t18-/m1/s1. The van der Waals surface area contributed by atoms with E-state index < -0.39 is 0 Å². The fourth-order valence-corrected chi connectivity index (χ4v) is 4.01. The summed E-state index contributed by atoms with van der Waals surface area (Å²) < 4.78 is 8.37. The molecule has 0 saturated carbocycles. The zero-order valence-corrected chi connectivity index (χ0v) is 14.4. The van der Waals surface area contributed by atoms with Gasteiger partial charge in [-0.05, 0) is 41.3 Å². The van der Waals surface area contributed by atoms with Gasteiger partial charge in [0.1, 0.15) is 0 Å². The molecule has 0 bridgehead atoms. The average molecular weight is 339 g/mol. The molecule has 1 aliphatic rings. The molecular weight excluding hydrogens is 318 g/mol. The second kappa shape index (κ2) is 7.30. The van der Waals surface area contributed by atoms with Crippen molar-refractivity contribution in [2.24, 2.45) is 0 Å². The minimum Gasteiger partial charge on any atom is -0.375 e. The molecule has 3 aromatic rings. The first-order valence-electron chi connectivity index (χ1n) is 8.25. The van der Waals surface area contributed by atoms with Gasteiger partial charge in [-0.1, -0.05) is 6.07 Å². The van der Waals surface area contributed by atoms with Gasteiger partial charge in [-0.25, -0.2) is 0 Å². The summed E-state index contributed by atoms with van der Waals surface area (Å²) in [5.41, 5.74) is 2.54. The average Bonchev–Trinajstić information content (AvgIpc) is 3.27. The molecule has 4 nitrogen and oxygen atoms in total. The van der Waals surface area contributed by atoms with E-state index >= 15 is 0 Å². The molecule has 1 atom stereocenters. The van der Waals surface area contributed by atoms with Gasteiger partial charge in [0.2, 0.25) is 0 Å². The van der Waals surface area contributed by atoms with E-state index in [1.807, 2.05) is 35.9 Å². The molecule has 0 unspecified atom stereocenters. The summed E-state index contributed by atoms with van der Waals surface area (Å²) in [6, 6.07) is 13.1. The van der Waals surface area contributed by atoms with Crippen LogP contribution in [0.2, 0.25) is 0 Å². The van der Waals surface area contributed by atoms with Crippen molar-refractivity contribution in [3.05, 3.63) is 76.5 Å². The molecule has 1 aliphatic heterocycles. The summed E-state index contributed by atoms with van der Waals surface area (Å²) in [6.07, 6.45) is 5.80. The SMILES string of the molecule is c1csc(CN2Cc3cccn3[C@@H](COCc3ccncc3)C2)c1. The van der Waals surface area contributed by atoms with E-state index in [-0.39, 0.29) is 0 Å². The number of hydrogen-bond acceptors (Lipinski definition) is 4. The van der Waals surface area contributed by atoms with Crippen LogP contribution in [-0.2, 0) is 24.4 Å². The highest BCUT2D eigenvalue weighted by Gasteiger charge is 2.24. The van der Waals surface area contributed by atoms with Crippen molar-refractivity contribution >= 4 is 11.3 Å². The molecule has 24 heavy (non-hydrogen) atoms. The van der Waals surface area contributed by atoms with Crippen LogP contribution in [0, 0.1) is 0 Å². The van der Waals surface area contributed by atoms with Crippen LogP contribution in [0.1, 0.15) is 22.2 Å². The number of thiophene rings is 1. The number of pyridine rings is 1. The third kappa shape index (κ3) is 3.59. The summed E-state index contributed by atoms with van der Waals surface area (Å²) in [5.74, 6) is 0. The van der Waals surface area contributed by atoms with Gasteiger partial charge in [-0.3, -0.25) is 9.88 Å². The van der Waals surface area contributed by atoms with Gasteiger partial charge in [0.25, 0.3) is 0 Å². The Morgan fingerprint density at radius 2 is 2.08 bits per heavy atom. The van der Waals surface area contributed by atoms with Gasteiger partial charge in [-0.15, -0.1) is 11.3 Å². The minimum atomic E-state index is 0.366. The Morgan fingerprint density at radius 3 is 2.92 bits per heavy atom. The molecule has 4 rings (SSSR count). The van der Waals surface area contributed by atoms with Crippen LogP contribution in [-0.4, -0.2) is 27.6 Å². The van der Waals surface area contributed by atoms with Gasteiger partial charge in [0, 0.05) is 48.8 Å². The summed E-state index contributed by atoms with van der Waals surface area (Å²) in [4.78, 5) is 7.98. The second-order valence-electron chi connectivity index (χ2n) is 6.18. The maximum Gasteiger partial charge on any atom is 0.0719 e. The molecule has 0 aromatic carbocycles. The van der Waals surface area contributed by atoms with Crippen molar-refractivity contribution in [1.82, 2.24) is 14.5 Å². The largest absolute Gasteiger partial charge is 0.375 e. The van der Waals surface area contributed by atoms with Crippen LogP contribution < -0.4 is 0 Å². The highest BCUT2D eigenvalue weighted by molar-refractivity contribution is 7.09. The molecule has 4 heterocycles. The van der Waals surface area contributed by atoms with Gasteiger partial charge in [0.05, 0.1) is 19.3 Å². The first-order valence-corrected chi connectivity index (χ1v) is 9.13. The quantitative estimate of drug-likeness (QED) is 0.686. The lowest BCUT2D eigenvalue weighted by Crippen LogP contribution is -2.38. The molecule has 0 fully saturated rings. The number of aromatic nitrogens is 2. The highest BCUT2D eigenvalue weighted by atomic mass is 32.1. The molecule has 0 radical (unpaired) electrons. The molecule has 0 saturated heterocycles. The van der Waals surface area contributed by atoms with Crippen LogP contribution in [0.15, 0.2) is 60.4 Å². The Kier molecular flexibility index (Phi) is 4.74. The van der Waals surface area contributed by atoms with E-state index in [4.69, 9.17) is 4.74 Å². The Hall–Kier alpha value is -1.95. The van der Waals surface area contributed by atoms with Crippen molar-refractivity contribution < 1.29 is 4.74 Å². The molecule has 0 spiro atoms. The van der Waals surface area contributed by atoms with E-state index in [0.29, 0.717) is 12.6 Å². The lowest BCUT2D eigenvalue weighted by atomic mass is 10.2. The molecule has 0 N–H and O–H groups in total. The third-order valence-corrected chi connectivity index (χ3v) is 5.26. The summed E-state index contributed by atoms with van der Waals surface area (Å²) in [6.45, 7) is 4.41. The molecule has 5 heteroatoms. The minimum absolute atomic E-state index is 0.366. The zero-order chi connectivity index (χ0) is 16.2. The van der Waals surface area contributed by atoms with Crippen LogP contribution in [0.4, 0.5) is 0 Å². The molecule has 124 valence electrons. The summed E-state index contributed by atoms with van der Waals surface area (Å²) >= 11 is 1.83. The number of hydrogen-bond donors (Lipinski definition) is 0. The van der Waals surface area contributed by atoms with Crippen LogP contribution >= 0.6 is 11.3 Å². The number of nitrogens with zero attached hydrogens (tertiary/aromatic N) is 3. The van der Waals surface area contributed by atoms with Crippen molar-refractivity contribution in [2.75, 3.05) is 13.2 Å². The Morgan fingerprint density at radius 1 is 1.17 bits per heavy atom. The van der Waals surface area contributed by atoms with Crippen molar-refractivity contribution in [1.29, 1.82) is 0 Å². The second-order valence-corrected chi connectivity index (χ2v) is 7.21. The monoisotopic (exact) mass is 339 g/mol. The predicted molar refractivity (Wildman–Crippen MR) is 95.8 cm³/mol. The first kappa shape index (κ1) is 15.6. The first-order chi connectivity index (χ1) is 11.9. The van der Waals surface area contributed by atoms with Crippen molar-refractivity contribution in [2.45, 2.75) is 25.7 Å². The van der Waals surface area contributed by atoms with E-state index in [9.17, 15) is 0 Å². The molecule has 0 amide bonds. The van der Waals surface area contributed by atoms with Crippen molar-refractivity contribution in [3.8, 4) is 0 Å². The Labute approximate surface area is 146 Å². The van der Waals surface area contributed by atoms with Gasteiger partial charge in [-0.2, -0.15) is 0 Å². The maximum atomic E-state index is 6.00. The Balaban J connectivity index is 1.40. The zero-order valence-electron chi connectivity index (χ0n) is 13.5. The number of fused-ring (bicyclic) bond motifs is 1. The van der Waals surface area contributed by atoms with E-state index in [1.165, 1.54) is 16.1 Å². The van der Waals surface area contributed by atoms with E-state index in [2.05, 4.69) is 50.3 Å². The van der Waals surface area contributed by atoms with Crippen LogP contribution in [0.25, 0.3) is 0 Å². The molecule has 3 aromatic heterocycles. The highest BCUT2D eigenvalue weighted by Crippen LogP contribution is 2.25. The fourth-order valence-electron chi connectivity index (χ4n) is 3.27. The van der Waals surface area contributed by atoms with E-state index in [1.54, 1.807) is 0 Å². The van der Waals surface area contributed by atoms with Gasteiger partial charge >= 0.3 is 0 Å². The number of ether oxygens (including phenoxy) is 1. The maximum absolute atomic E-state index is 6.00. The van der Waals surface area contributed by atoms with E-state index in [0.717, 1.165) is 26.2 Å². The lowest BCUT2D eigenvalue weighted by Gasteiger charge is -2.34. The topological polar surface area (TPSA) is 30.3 Å². The Bertz CT molecular complexity index is 754. The molecule has 0 aliphatic carbocycles. The fraction of sp³-hybridized carbons (Fsp3) is 0.316. The lowest BCUT2D eigenvalue weighted by molar-refractivity contribution is 0.0591. The van der Waals surface area contributed by atoms with Crippen LogP contribution in [0.5, 0.6) is 0 Å². The summed E-state index contributed by atoms with van der Waals surface area (Å²) in [7, 11) is 0. The predicted octanol–water partition coefficient (Wildman–Crippen LogP) is 3.72. The smallest absolute Gasteiger partial charge is 0.0719 e. The van der Waals surface area contributed by atoms with Crippen molar-refractivity contribution in [3.63, 3.8) is 0 Å². The third-order valence-electron chi connectivity index (χ3n) is 4.40.